The van der Waals surface area contributed by atoms with Gasteiger partial charge in [0, 0.05) is 0 Å². The molecule has 1 N–H and O–H groups in total. The van der Waals surface area contributed by atoms with Crippen molar-refractivity contribution in [3.63, 3.8) is 0 Å². The summed E-state index contributed by atoms with van der Waals surface area (Å²) in [4.78, 5) is 12.0. The molecule has 0 heterocycles. The molecule has 0 radical (unpaired) electrons. The third-order valence-corrected chi connectivity index (χ3v) is 3.62. The number of ether oxygens (including phenoxy) is 2. The van der Waals surface area contributed by atoms with Gasteiger partial charge in [-0.25, -0.2) is 0 Å². The quantitative estimate of drug-likeness (QED) is 0.845. The van der Waals surface area contributed by atoms with Crippen LogP contribution >= 0.6 is 0 Å². The van der Waals surface area contributed by atoms with E-state index in [2.05, 4.69) is 5.32 Å². The van der Waals surface area contributed by atoms with Crippen LogP contribution in [0.15, 0.2) is 42.5 Å². The van der Waals surface area contributed by atoms with Crippen molar-refractivity contribution in [3.8, 4) is 11.5 Å². The fourth-order valence-electron chi connectivity index (χ4n) is 2.32. The van der Waals surface area contributed by atoms with Crippen molar-refractivity contribution >= 4 is 5.91 Å². The van der Waals surface area contributed by atoms with Crippen LogP contribution in [0.1, 0.15) is 23.6 Å². The predicted molar refractivity (Wildman–Crippen MR) is 95.7 cm³/mol. The zero-order chi connectivity index (χ0) is 17.5. The molecule has 0 spiro atoms. The van der Waals surface area contributed by atoms with E-state index in [1.165, 1.54) is 11.1 Å². The molecule has 1 amide bonds. The average molecular weight is 327 g/mol. The fourth-order valence-corrected chi connectivity index (χ4v) is 2.32. The molecule has 0 aliphatic rings. The second-order valence-corrected chi connectivity index (χ2v) is 6.15. The Bertz CT molecular complexity index is 680. The number of aryl methyl sites for hydroxylation is 3. The normalized spacial score (nSPS) is 11.7. The largest absolute Gasteiger partial charge is 0.491 e. The highest BCUT2D eigenvalue weighted by molar-refractivity contribution is 5.77. The Balaban J connectivity index is 1.74. The van der Waals surface area contributed by atoms with E-state index < -0.39 is 0 Å². The SMILES string of the molecule is Cc1ccc(OCC(C)NC(=O)COc2ccc(C)cc2C)cc1. The van der Waals surface area contributed by atoms with Gasteiger partial charge in [-0.2, -0.15) is 0 Å². The highest BCUT2D eigenvalue weighted by Crippen LogP contribution is 2.18. The van der Waals surface area contributed by atoms with E-state index in [0.717, 1.165) is 17.1 Å². The molecule has 128 valence electrons. The number of benzene rings is 2. The molecule has 2 aromatic rings. The lowest BCUT2D eigenvalue weighted by molar-refractivity contribution is -0.123. The standard InChI is InChI=1S/C20H25NO3/c1-14-5-8-18(9-6-14)23-12-17(4)21-20(22)13-24-19-10-7-15(2)11-16(19)3/h5-11,17H,12-13H2,1-4H3,(H,21,22). The van der Waals surface area contributed by atoms with Gasteiger partial charge in [-0.1, -0.05) is 35.4 Å². The molecule has 0 fully saturated rings. The smallest absolute Gasteiger partial charge is 0.258 e. The monoisotopic (exact) mass is 327 g/mol. The molecular weight excluding hydrogens is 302 g/mol. The summed E-state index contributed by atoms with van der Waals surface area (Å²) < 4.78 is 11.2. The van der Waals surface area contributed by atoms with Crippen LogP contribution in [0.3, 0.4) is 0 Å². The molecule has 0 saturated heterocycles. The van der Waals surface area contributed by atoms with Gasteiger partial charge in [0.1, 0.15) is 18.1 Å². The maximum Gasteiger partial charge on any atom is 0.258 e. The molecule has 0 aromatic heterocycles. The van der Waals surface area contributed by atoms with E-state index in [4.69, 9.17) is 9.47 Å². The first kappa shape index (κ1) is 17.9. The lowest BCUT2D eigenvalue weighted by atomic mass is 10.1. The van der Waals surface area contributed by atoms with Crippen molar-refractivity contribution < 1.29 is 14.3 Å². The van der Waals surface area contributed by atoms with Crippen LogP contribution in [0.5, 0.6) is 11.5 Å². The Morgan fingerprint density at radius 3 is 2.33 bits per heavy atom. The van der Waals surface area contributed by atoms with E-state index in [-0.39, 0.29) is 18.6 Å². The molecule has 4 nitrogen and oxygen atoms in total. The number of rotatable bonds is 7. The van der Waals surface area contributed by atoms with Crippen LogP contribution in [0.2, 0.25) is 0 Å². The van der Waals surface area contributed by atoms with Gasteiger partial charge >= 0.3 is 0 Å². The Morgan fingerprint density at radius 1 is 1.00 bits per heavy atom. The second kappa shape index (κ2) is 8.39. The van der Waals surface area contributed by atoms with Gasteiger partial charge in [0.2, 0.25) is 0 Å². The van der Waals surface area contributed by atoms with Gasteiger partial charge in [0.15, 0.2) is 6.61 Å². The van der Waals surface area contributed by atoms with Crippen LogP contribution < -0.4 is 14.8 Å². The Kier molecular flexibility index (Phi) is 6.24. The number of hydrogen-bond acceptors (Lipinski definition) is 3. The molecule has 2 aromatic carbocycles. The molecule has 0 bridgehead atoms. The van der Waals surface area contributed by atoms with Gasteiger partial charge in [-0.15, -0.1) is 0 Å². The van der Waals surface area contributed by atoms with Gasteiger partial charge < -0.3 is 14.8 Å². The fraction of sp³-hybridized carbons (Fsp3) is 0.350. The Labute approximate surface area is 143 Å². The van der Waals surface area contributed by atoms with Crippen LogP contribution in [0, 0.1) is 20.8 Å². The Morgan fingerprint density at radius 2 is 1.67 bits per heavy atom. The molecule has 4 heteroatoms. The number of carbonyl (C=O) groups is 1. The lowest BCUT2D eigenvalue weighted by Gasteiger charge is -2.16. The number of nitrogens with one attached hydrogen (secondary N) is 1. The molecule has 2 rings (SSSR count). The highest BCUT2D eigenvalue weighted by atomic mass is 16.5. The zero-order valence-corrected chi connectivity index (χ0v) is 14.8. The minimum Gasteiger partial charge on any atom is -0.491 e. The number of hydrogen-bond donors (Lipinski definition) is 1. The zero-order valence-electron chi connectivity index (χ0n) is 14.8. The predicted octanol–water partition coefficient (Wildman–Crippen LogP) is 3.57. The maximum atomic E-state index is 12.0. The van der Waals surface area contributed by atoms with Crippen molar-refractivity contribution in [2.24, 2.45) is 0 Å². The minimum absolute atomic E-state index is 0.00122. The van der Waals surface area contributed by atoms with E-state index in [9.17, 15) is 4.79 Å². The van der Waals surface area contributed by atoms with Gasteiger partial charge in [-0.05, 0) is 51.5 Å². The van der Waals surface area contributed by atoms with E-state index >= 15 is 0 Å². The Hall–Kier alpha value is -2.49. The third kappa shape index (κ3) is 5.61. The summed E-state index contributed by atoms with van der Waals surface area (Å²) in [6.45, 7) is 8.35. The van der Waals surface area contributed by atoms with E-state index in [1.807, 2.05) is 70.2 Å². The van der Waals surface area contributed by atoms with Crippen molar-refractivity contribution in [1.82, 2.24) is 5.32 Å². The molecular formula is C20H25NO3. The second-order valence-electron chi connectivity index (χ2n) is 6.15. The molecule has 0 aliphatic heterocycles. The summed E-state index contributed by atoms with van der Waals surface area (Å²) in [5, 5.41) is 2.87. The third-order valence-electron chi connectivity index (χ3n) is 3.62. The molecule has 1 atom stereocenters. The number of carbonyl (C=O) groups excluding carboxylic acids is 1. The first-order valence-electron chi connectivity index (χ1n) is 8.13. The summed E-state index contributed by atoms with van der Waals surface area (Å²) in [6.07, 6.45) is 0. The summed E-state index contributed by atoms with van der Waals surface area (Å²) in [5.74, 6) is 1.38. The maximum absolute atomic E-state index is 12.0. The first-order valence-corrected chi connectivity index (χ1v) is 8.13. The lowest BCUT2D eigenvalue weighted by Crippen LogP contribution is -2.39. The number of amides is 1. The van der Waals surface area contributed by atoms with Crippen molar-refractivity contribution in [2.75, 3.05) is 13.2 Å². The van der Waals surface area contributed by atoms with E-state index in [0.29, 0.717) is 6.61 Å². The van der Waals surface area contributed by atoms with Crippen molar-refractivity contribution in [1.29, 1.82) is 0 Å². The van der Waals surface area contributed by atoms with Gasteiger partial charge in [0.05, 0.1) is 6.04 Å². The summed E-state index contributed by atoms with van der Waals surface area (Å²) in [5.41, 5.74) is 3.39. The topological polar surface area (TPSA) is 47.6 Å². The van der Waals surface area contributed by atoms with Gasteiger partial charge in [-0.3, -0.25) is 4.79 Å². The molecule has 1 unspecified atom stereocenters. The van der Waals surface area contributed by atoms with Crippen LogP contribution in [-0.4, -0.2) is 25.2 Å². The summed E-state index contributed by atoms with van der Waals surface area (Å²) in [7, 11) is 0. The average Bonchev–Trinajstić information content (AvgIpc) is 2.53. The summed E-state index contributed by atoms with van der Waals surface area (Å²) >= 11 is 0. The van der Waals surface area contributed by atoms with Crippen LogP contribution in [0.25, 0.3) is 0 Å². The summed E-state index contributed by atoms with van der Waals surface area (Å²) in [6, 6.07) is 13.6. The van der Waals surface area contributed by atoms with Crippen LogP contribution in [0.4, 0.5) is 0 Å². The van der Waals surface area contributed by atoms with Gasteiger partial charge in [0.25, 0.3) is 5.91 Å². The molecule has 0 saturated carbocycles. The highest BCUT2D eigenvalue weighted by Gasteiger charge is 2.10. The van der Waals surface area contributed by atoms with E-state index in [1.54, 1.807) is 0 Å². The molecule has 24 heavy (non-hydrogen) atoms. The van der Waals surface area contributed by atoms with Crippen molar-refractivity contribution in [3.05, 3.63) is 59.2 Å². The van der Waals surface area contributed by atoms with Crippen LogP contribution in [-0.2, 0) is 4.79 Å². The van der Waals surface area contributed by atoms with Crippen molar-refractivity contribution in [2.45, 2.75) is 33.7 Å². The molecule has 0 aliphatic carbocycles. The first-order chi connectivity index (χ1) is 11.4. The minimum atomic E-state index is -0.157.